The quantitative estimate of drug-likeness (QED) is 0.285. The van der Waals surface area contributed by atoms with E-state index < -0.39 is 0 Å². The summed E-state index contributed by atoms with van der Waals surface area (Å²) in [5, 5.41) is 5.48. The first-order valence-corrected chi connectivity index (χ1v) is 10.6. The third kappa shape index (κ3) is 2.62. The lowest BCUT2D eigenvalue weighted by Gasteiger charge is -2.12. The number of fused-ring (bicyclic) bond motifs is 3. The van der Waals surface area contributed by atoms with Crippen LogP contribution in [0, 0.1) is 18.8 Å². The molecule has 142 valence electrons. The average molecular weight is 370 g/mol. The summed E-state index contributed by atoms with van der Waals surface area (Å²) >= 11 is 0. The molecule has 0 bridgehead atoms. The molecule has 1 aliphatic heterocycles. The minimum absolute atomic E-state index is 0.657. The topological polar surface area (TPSA) is 16.8 Å². The van der Waals surface area contributed by atoms with E-state index in [2.05, 4.69) is 75.7 Å². The minimum atomic E-state index is 0.657. The molecule has 0 saturated heterocycles. The van der Waals surface area contributed by atoms with E-state index in [9.17, 15) is 0 Å². The lowest BCUT2D eigenvalue weighted by molar-refractivity contribution is -0.658. The molecule has 0 aliphatic carbocycles. The van der Waals surface area contributed by atoms with Gasteiger partial charge in [-0.25, -0.2) is 4.98 Å². The maximum absolute atomic E-state index is 5.04. The fraction of sp³-hybridized carbons (Fsp3) is 0.385. The van der Waals surface area contributed by atoms with Gasteiger partial charge in [0.2, 0.25) is 5.52 Å². The predicted octanol–water partition coefficient (Wildman–Crippen LogP) is 5.90. The van der Waals surface area contributed by atoms with Crippen LogP contribution in [0.4, 0.5) is 0 Å². The molecule has 4 aromatic rings. The highest BCUT2D eigenvalue weighted by Crippen LogP contribution is 2.39. The SMILES string of the molecule is Cc1c[n+]2c3c(n1)c1cc(CC(C)C)ccc1c1ccc(CC(C)C)c(c13)C2. The van der Waals surface area contributed by atoms with Crippen molar-refractivity contribution in [1.29, 1.82) is 0 Å². The maximum atomic E-state index is 5.04. The number of aryl methyl sites for hydroxylation is 1. The fourth-order valence-corrected chi connectivity index (χ4v) is 5.05. The second-order valence-corrected chi connectivity index (χ2v) is 9.41. The molecule has 0 radical (unpaired) electrons. The molecule has 2 heterocycles. The Morgan fingerprint density at radius 1 is 0.929 bits per heavy atom. The third-order valence-electron chi connectivity index (χ3n) is 6.02. The average Bonchev–Trinajstić information content (AvgIpc) is 3.00. The Morgan fingerprint density at radius 2 is 1.68 bits per heavy atom. The zero-order valence-electron chi connectivity index (χ0n) is 17.6. The van der Waals surface area contributed by atoms with Gasteiger partial charge in [-0.15, -0.1) is 0 Å². The number of nitrogens with zero attached hydrogens (tertiary/aromatic N) is 2. The van der Waals surface area contributed by atoms with Gasteiger partial charge in [-0.1, -0.05) is 52.0 Å². The zero-order chi connectivity index (χ0) is 19.6. The molecule has 0 amide bonds. The Hall–Kier alpha value is -2.48. The fourth-order valence-electron chi connectivity index (χ4n) is 5.05. The summed E-state index contributed by atoms with van der Waals surface area (Å²) in [5.41, 5.74) is 8.02. The molecule has 5 rings (SSSR count). The molecular weight excluding hydrogens is 340 g/mol. The Kier molecular flexibility index (Phi) is 3.94. The molecule has 3 aromatic carbocycles. The number of benzene rings is 3. The van der Waals surface area contributed by atoms with Crippen LogP contribution in [-0.4, -0.2) is 4.98 Å². The van der Waals surface area contributed by atoms with Crippen molar-refractivity contribution in [2.45, 2.75) is 54.0 Å². The second-order valence-electron chi connectivity index (χ2n) is 9.41. The summed E-state index contributed by atoms with van der Waals surface area (Å²) in [7, 11) is 0. The first kappa shape index (κ1) is 17.6. The normalized spacial score (nSPS) is 13.2. The van der Waals surface area contributed by atoms with Gasteiger partial charge >= 0.3 is 0 Å². The molecule has 0 atom stereocenters. The molecule has 1 aliphatic rings. The summed E-state index contributed by atoms with van der Waals surface area (Å²) in [5.74, 6) is 1.32. The van der Waals surface area contributed by atoms with E-state index in [-0.39, 0.29) is 0 Å². The second kappa shape index (κ2) is 6.27. The van der Waals surface area contributed by atoms with Crippen LogP contribution in [-0.2, 0) is 19.4 Å². The van der Waals surface area contributed by atoms with Crippen molar-refractivity contribution in [1.82, 2.24) is 4.98 Å². The van der Waals surface area contributed by atoms with Crippen LogP contribution in [0.1, 0.15) is 50.1 Å². The molecule has 0 N–H and O–H groups in total. The van der Waals surface area contributed by atoms with Gasteiger partial charge in [0.15, 0.2) is 12.7 Å². The van der Waals surface area contributed by atoms with Crippen LogP contribution in [0.3, 0.4) is 0 Å². The van der Waals surface area contributed by atoms with Gasteiger partial charge in [0, 0.05) is 10.9 Å². The van der Waals surface area contributed by atoms with Gasteiger partial charge in [0.1, 0.15) is 11.2 Å². The van der Waals surface area contributed by atoms with Crippen molar-refractivity contribution in [2.24, 2.45) is 11.8 Å². The third-order valence-corrected chi connectivity index (χ3v) is 6.02. The van der Waals surface area contributed by atoms with E-state index >= 15 is 0 Å². The van der Waals surface area contributed by atoms with E-state index in [1.54, 1.807) is 0 Å². The van der Waals surface area contributed by atoms with E-state index in [1.165, 1.54) is 49.3 Å². The Balaban J connectivity index is 1.91. The summed E-state index contributed by atoms with van der Waals surface area (Å²) in [6.45, 7) is 12.3. The molecule has 28 heavy (non-hydrogen) atoms. The van der Waals surface area contributed by atoms with Gasteiger partial charge in [0.05, 0.1) is 5.39 Å². The van der Waals surface area contributed by atoms with Gasteiger partial charge in [-0.3, -0.25) is 0 Å². The van der Waals surface area contributed by atoms with Crippen molar-refractivity contribution in [3.05, 3.63) is 58.9 Å². The number of hydrogen-bond donors (Lipinski definition) is 0. The van der Waals surface area contributed by atoms with Gasteiger partial charge < -0.3 is 0 Å². The molecule has 0 saturated carbocycles. The standard InChI is InChI=1S/C26H29N2/c1-15(2)10-18-6-8-20-21-9-7-19(11-16(3)4)23-14-28-13-17(5)27-25(22(20)12-18)26(28)24(21)23/h6-9,12-13,15-16H,10-11,14H2,1-5H3/q+1. The number of rotatable bonds is 4. The van der Waals surface area contributed by atoms with Crippen LogP contribution in [0.15, 0.2) is 36.5 Å². The highest BCUT2D eigenvalue weighted by atomic mass is 15.0. The van der Waals surface area contributed by atoms with E-state index in [0.717, 1.165) is 25.1 Å². The van der Waals surface area contributed by atoms with Crippen LogP contribution < -0.4 is 4.57 Å². The molecule has 0 unspecified atom stereocenters. The Morgan fingerprint density at radius 3 is 2.43 bits per heavy atom. The van der Waals surface area contributed by atoms with E-state index in [0.29, 0.717) is 11.8 Å². The lowest BCUT2D eigenvalue weighted by atomic mass is 9.90. The zero-order valence-corrected chi connectivity index (χ0v) is 17.6. The number of aromatic nitrogens is 2. The maximum Gasteiger partial charge on any atom is 0.240 e. The molecule has 0 spiro atoms. The minimum Gasteiger partial charge on any atom is -0.240 e. The smallest absolute Gasteiger partial charge is 0.240 e. The van der Waals surface area contributed by atoms with Crippen LogP contribution >= 0.6 is 0 Å². The van der Waals surface area contributed by atoms with Gasteiger partial charge in [-0.05, 0) is 59.6 Å². The van der Waals surface area contributed by atoms with Crippen LogP contribution in [0.5, 0.6) is 0 Å². The summed E-state index contributed by atoms with van der Waals surface area (Å²) < 4.78 is 2.44. The molecule has 2 heteroatoms. The Bertz CT molecular complexity index is 1250. The van der Waals surface area contributed by atoms with Crippen molar-refractivity contribution in [3.63, 3.8) is 0 Å². The van der Waals surface area contributed by atoms with Gasteiger partial charge in [-0.2, -0.15) is 4.57 Å². The van der Waals surface area contributed by atoms with Crippen molar-refractivity contribution in [2.75, 3.05) is 0 Å². The Labute approximate surface area is 167 Å². The highest BCUT2D eigenvalue weighted by Gasteiger charge is 2.30. The van der Waals surface area contributed by atoms with Crippen molar-refractivity contribution < 1.29 is 4.57 Å². The molecule has 1 aromatic heterocycles. The summed E-state index contributed by atoms with van der Waals surface area (Å²) in [6, 6.07) is 11.8. The number of hydrogen-bond acceptors (Lipinski definition) is 1. The summed E-state index contributed by atoms with van der Waals surface area (Å²) in [6.07, 6.45) is 4.48. The van der Waals surface area contributed by atoms with Gasteiger partial charge in [0.25, 0.3) is 0 Å². The van der Waals surface area contributed by atoms with E-state index in [4.69, 9.17) is 4.98 Å². The molecule has 0 fully saturated rings. The lowest BCUT2D eigenvalue weighted by Crippen LogP contribution is -2.32. The largest absolute Gasteiger partial charge is 0.240 e. The first-order valence-electron chi connectivity index (χ1n) is 10.6. The first-order chi connectivity index (χ1) is 13.4. The van der Waals surface area contributed by atoms with Crippen LogP contribution in [0.25, 0.3) is 32.6 Å². The highest BCUT2D eigenvalue weighted by molar-refractivity contribution is 6.23. The van der Waals surface area contributed by atoms with Crippen molar-refractivity contribution >= 4 is 32.6 Å². The molecular formula is C26H29N2+. The van der Waals surface area contributed by atoms with E-state index in [1.807, 2.05) is 0 Å². The van der Waals surface area contributed by atoms with Crippen molar-refractivity contribution in [3.8, 4) is 0 Å². The summed E-state index contributed by atoms with van der Waals surface area (Å²) in [4.78, 5) is 5.04. The van der Waals surface area contributed by atoms with Crippen LogP contribution in [0.2, 0.25) is 0 Å². The predicted molar refractivity (Wildman–Crippen MR) is 118 cm³/mol. The monoisotopic (exact) mass is 369 g/mol. The molecule has 2 nitrogen and oxygen atoms in total.